The molecule has 0 saturated heterocycles. The van der Waals surface area contributed by atoms with E-state index in [1.807, 2.05) is 36.7 Å². The maximum atomic E-state index is 13.2. The van der Waals surface area contributed by atoms with E-state index in [0.29, 0.717) is 29.1 Å². The number of hydrogen-bond donors (Lipinski definition) is 1. The maximum absolute atomic E-state index is 13.2. The molecule has 0 aliphatic rings. The van der Waals surface area contributed by atoms with Crippen molar-refractivity contribution >= 4 is 11.9 Å². The number of nitrogens with zero attached hydrogens (tertiary/aromatic N) is 3. The number of ether oxygens (including phenoxy) is 1. The van der Waals surface area contributed by atoms with Crippen molar-refractivity contribution in [1.29, 1.82) is 0 Å². The summed E-state index contributed by atoms with van der Waals surface area (Å²) in [5.41, 5.74) is 7.12. The molecule has 3 rings (SSSR count). The Bertz CT molecular complexity index is 1140. The molecule has 7 heteroatoms. The zero-order chi connectivity index (χ0) is 22.9. The summed E-state index contributed by atoms with van der Waals surface area (Å²) in [4.78, 5) is 30.2. The van der Waals surface area contributed by atoms with Gasteiger partial charge in [-0.15, -0.1) is 0 Å². The Morgan fingerprint density at radius 3 is 2.45 bits per heavy atom. The number of carbonyl (C=O) groups is 2. The first kappa shape index (κ1) is 22.3. The molecule has 0 spiro atoms. The minimum absolute atomic E-state index is 0.182. The van der Waals surface area contributed by atoms with Crippen LogP contribution in [0.2, 0.25) is 0 Å². The molecule has 0 atom stereocenters. The first-order chi connectivity index (χ1) is 14.7. The van der Waals surface area contributed by atoms with Crippen molar-refractivity contribution in [3.63, 3.8) is 0 Å². The van der Waals surface area contributed by atoms with Gasteiger partial charge in [0.2, 0.25) is 0 Å². The van der Waals surface area contributed by atoms with E-state index in [9.17, 15) is 9.59 Å². The molecule has 7 nitrogen and oxygen atoms in total. The van der Waals surface area contributed by atoms with Crippen LogP contribution in [0.5, 0.6) is 0 Å². The highest BCUT2D eigenvalue weighted by atomic mass is 16.5. The van der Waals surface area contributed by atoms with Crippen LogP contribution >= 0.6 is 0 Å². The third-order valence-corrected chi connectivity index (χ3v) is 5.66. The van der Waals surface area contributed by atoms with Crippen LogP contribution in [0.3, 0.4) is 0 Å². The Morgan fingerprint density at radius 2 is 1.81 bits per heavy atom. The predicted octanol–water partition coefficient (Wildman–Crippen LogP) is 4.19. The molecule has 0 aliphatic heterocycles. The minimum atomic E-state index is -0.415. The van der Waals surface area contributed by atoms with Crippen molar-refractivity contribution in [2.45, 2.75) is 48.1 Å². The number of hydrogen-bond acceptors (Lipinski definition) is 4. The van der Waals surface area contributed by atoms with Gasteiger partial charge in [-0.1, -0.05) is 18.2 Å². The van der Waals surface area contributed by atoms with E-state index >= 15 is 0 Å². The van der Waals surface area contributed by atoms with Crippen LogP contribution in [0, 0.1) is 34.6 Å². The van der Waals surface area contributed by atoms with Crippen LogP contribution in [-0.4, -0.2) is 45.2 Å². The Kier molecular flexibility index (Phi) is 6.34. The van der Waals surface area contributed by atoms with Crippen LogP contribution in [0.15, 0.2) is 24.3 Å². The third-order valence-electron chi connectivity index (χ3n) is 5.66. The van der Waals surface area contributed by atoms with Crippen molar-refractivity contribution in [3.8, 4) is 5.69 Å². The van der Waals surface area contributed by atoms with Crippen LogP contribution in [-0.2, 0) is 11.3 Å². The Labute approximate surface area is 183 Å². The summed E-state index contributed by atoms with van der Waals surface area (Å²) >= 11 is 0. The number of aromatic nitrogens is 3. The molecule has 0 unspecified atom stereocenters. The first-order valence-corrected chi connectivity index (χ1v) is 10.4. The fraction of sp³-hybridized carbons (Fsp3) is 0.375. The second-order valence-electron chi connectivity index (χ2n) is 7.85. The number of rotatable bonds is 6. The molecule has 1 aromatic carbocycles. The molecule has 2 aromatic heterocycles. The summed E-state index contributed by atoms with van der Waals surface area (Å²) in [7, 11) is 1.76. The summed E-state index contributed by atoms with van der Waals surface area (Å²) in [6, 6.07) is 8.09. The largest absolute Gasteiger partial charge is 0.462 e. The quantitative estimate of drug-likeness (QED) is 0.604. The fourth-order valence-electron chi connectivity index (χ4n) is 3.91. The summed E-state index contributed by atoms with van der Waals surface area (Å²) < 4.78 is 7.06. The number of amides is 1. The highest BCUT2D eigenvalue weighted by Gasteiger charge is 2.26. The Morgan fingerprint density at radius 1 is 1.13 bits per heavy atom. The van der Waals surface area contributed by atoms with Crippen LogP contribution < -0.4 is 0 Å². The lowest BCUT2D eigenvalue weighted by atomic mass is 10.1. The highest BCUT2D eigenvalue weighted by Crippen LogP contribution is 2.24. The van der Waals surface area contributed by atoms with E-state index in [-0.39, 0.29) is 12.5 Å². The lowest BCUT2D eigenvalue weighted by molar-refractivity contribution is 0.0525. The Hall–Kier alpha value is -3.35. The van der Waals surface area contributed by atoms with E-state index in [4.69, 9.17) is 9.84 Å². The molecule has 0 radical (unpaired) electrons. The van der Waals surface area contributed by atoms with Crippen LogP contribution in [0.4, 0.5) is 0 Å². The van der Waals surface area contributed by atoms with E-state index in [1.165, 1.54) is 0 Å². The molecule has 0 fully saturated rings. The van der Waals surface area contributed by atoms with Gasteiger partial charge in [-0.3, -0.25) is 4.79 Å². The monoisotopic (exact) mass is 422 g/mol. The highest BCUT2D eigenvalue weighted by molar-refractivity contribution is 6.00. The lowest BCUT2D eigenvalue weighted by Crippen LogP contribution is -2.27. The average Bonchev–Trinajstić information content (AvgIpc) is 3.17. The number of nitrogens with one attached hydrogen (secondary N) is 1. The third kappa shape index (κ3) is 4.13. The molecule has 31 heavy (non-hydrogen) atoms. The predicted molar refractivity (Wildman–Crippen MR) is 120 cm³/mol. The van der Waals surface area contributed by atoms with E-state index in [2.05, 4.69) is 18.0 Å². The fourth-order valence-corrected chi connectivity index (χ4v) is 3.91. The summed E-state index contributed by atoms with van der Waals surface area (Å²) in [5, 5.41) is 4.72. The lowest BCUT2D eigenvalue weighted by Gasteiger charge is -2.18. The van der Waals surface area contributed by atoms with E-state index < -0.39 is 5.97 Å². The van der Waals surface area contributed by atoms with Crippen molar-refractivity contribution in [2.75, 3.05) is 13.7 Å². The van der Waals surface area contributed by atoms with Gasteiger partial charge in [-0.05, 0) is 58.7 Å². The van der Waals surface area contributed by atoms with E-state index in [1.54, 1.807) is 32.7 Å². The van der Waals surface area contributed by atoms with Gasteiger partial charge in [0, 0.05) is 30.5 Å². The molecule has 2 heterocycles. The summed E-state index contributed by atoms with van der Waals surface area (Å²) in [5.74, 6) is -0.597. The number of esters is 1. The van der Waals surface area contributed by atoms with Gasteiger partial charge >= 0.3 is 5.97 Å². The maximum Gasteiger partial charge on any atom is 0.340 e. The van der Waals surface area contributed by atoms with E-state index in [0.717, 1.165) is 28.2 Å². The zero-order valence-electron chi connectivity index (χ0n) is 19.3. The Balaban J connectivity index is 1.89. The molecule has 0 saturated carbocycles. The molecular weight excluding hydrogens is 392 g/mol. The average molecular weight is 423 g/mol. The van der Waals surface area contributed by atoms with Gasteiger partial charge in [0.05, 0.1) is 23.6 Å². The zero-order valence-corrected chi connectivity index (χ0v) is 19.3. The van der Waals surface area contributed by atoms with Gasteiger partial charge in [0.1, 0.15) is 5.69 Å². The number of H-pyrrole nitrogens is 1. The second kappa shape index (κ2) is 8.79. The number of benzene rings is 1. The minimum Gasteiger partial charge on any atom is -0.462 e. The molecule has 1 N–H and O–H groups in total. The smallest absolute Gasteiger partial charge is 0.340 e. The number of aryl methyl sites for hydroxylation is 3. The van der Waals surface area contributed by atoms with Crippen molar-refractivity contribution in [2.24, 2.45) is 0 Å². The molecule has 3 aromatic rings. The molecule has 0 aliphatic carbocycles. The van der Waals surface area contributed by atoms with Crippen LogP contribution in [0.1, 0.15) is 61.5 Å². The van der Waals surface area contributed by atoms with Crippen LogP contribution in [0.25, 0.3) is 5.69 Å². The second-order valence-corrected chi connectivity index (χ2v) is 7.85. The first-order valence-electron chi connectivity index (χ1n) is 10.4. The molecule has 0 bridgehead atoms. The topological polar surface area (TPSA) is 80.2 Å². The van der Waals surface area contributed by atoms with Gasteiger partial charge in [0.25, 0.3) is 5.91 Å². The van der Waals surface area contributed by atoms with Gasteiger partial charge in [-0.25, -0.2) is 9.48 Å². The standard InChI is InChI=1S/C24H30N4O3/c1-8-31-24(30)21-15(3)22(25-17(21)5)23(29)27(7)13-19-16(4)26-28(18(19)6)20-12-10-9-11-14(20)2/h9-12,25H,8,13H2,1-7H3. The SMILES string of the molecule is CCOC(=O)c1c(C)[nH]c(C(=O)N(C)Cc2c(C)nn(-c3ccccc3C)c2C)c1C. The van der Waals surface area contributed by atoms with Crippen molar-refractivity contribution < 1.29 is 14.3 Å². The number of para-hydroxylation sites is 1. The number of aromatic amines is 1. The summed E-state index contributed by atoms with van der Waals surface area (Å²) in [6.45, 7) is 12.0. The molecule has 164 valence electrons. The molecule has 1 amide bonds. The normalized spacial score (nSPS) is 10.9. The van der Waals surface area contributed by atoms with Crippen molar-refractivity contribution in [1.82, 2.24) is 19.7 Å². The summed E-state index contributed by atoms with van der Waals surface area (Å²) in [6.07, 6.45) is 0. The number of carbonyl (C=O) groups excluding carboxylic acids is 2. The van der Waals surface area contributed by atoms with Gasteiger partial charge in [-0.2, -0.15) is 5.10 Å². The van der Waals surface area contributed by atoms with Gasteiger partial charge in [0.15, 0.2) is 0 Å². The van der Waals surface area contributed by atoms with Gasteiger partial charge < -0.3 is 14.6 Å². The molecular formula is C24H30N4O3. The van der Waals surface area contributed by atoms with Crippen molar-refractivity contribution in [3.05, 3.63) is 69.3 Å².